The molecule has 2 fully saturated rings. The molecule has 0 aromatic carbocycles. The third-order valence-corrected chi connectivity index (χ3v) is 5.57. The molecule has 4 rings (SSSR count). The quantitative estimate of drug-likeness (QED) is 0.829. The third-order valence-electron chi connectivity index (χ3n) is 5.57. The van der Waals surface area contributed by atoms with Crippen molar-refractivity contribution in [2.45, 2.75) is 39.2 Å². The molecule has 2 aromatic rings. The molecule has 2 aromatic heterocycles. The summed E-state index contributed by atoms with van der Waals surface area (Å²) in [6.45, 7) is 9.51. The molecule has 4 heterocycles. The average Bonchev–Trinajstić information content (AvgIpc) is 2.95. The molecule has 6 heteroatoms. The maximum absolute atomic E-state index is 4.63. The summed E-state index contributed by atoms with van der Waals surface area (Å²) >= 11 is 0. The van der Waals surface area contributed by atoms with Crippen molar-refractivity contribution in [2.24, 2.45) is 0 Å². The number of rotatable bonds is 4. The van der Waals surface area contributed by atoms with E-state index in [4.69, 9.17) is 0 Å². The average molecular weight is 367 g/mol. The maximum Gasteiger partial charge on any atom is 0.225 e. The Labute approximate surface area is 162 Å². The minimum absolute atomic E-state index is 0.897. The summed E-state index contributed by atoms with van der Waals surface area (Å²) in [6, 6.07) is 4.30. The Morgan fingerprint density at radius 1 is 0.815 bits per heavy atom. The first-order valence-electron chi connectivity index (χ1n) is 10.2. The minimum Gasteiger partial charge on any atom is -0.370 e. The fourth-order valence-electron chi connectivity index (χ4n) is 4.06. The smallest absolute Gasteiger partial charge is 0.225 e. The van der Waals surface area contributed by atoms with Crippen LogP contribution in [0.4, 0.5) is 11.6 Å². The van der Waals surface area contributed by atoms with E-state index in [1.165, 1.54) is 36.9 Å². The lowest BCUT2D eigenvalue weighted by Crippen LogP contribution is -2.31. The SMILES string of the molecule is Cc1cc(N2CCCN(Cc3cnc(N4CCCCC4)nc3)CC2)ccn1. The molecular weight excluding hydrogens is 336 g/mol. The third kappa shape index (κ3) is 4.75. The van der Waals surface area contributed by atoms with E-state index in [2.05, 4.69) is 48.7 Å². The lowest BCUT2D eigenvalue weighted by atomic mass is 10.1. The van der Waals surface area contributed by atoms with Gasteiger partial charge in [-0.25, -0.2) is 9.97 Å². The van der Waals surface area contributed by atoms with E-state index in [9.17, 15) is 0 Å². The van der Waals surface area contributed by atoms with Gasteiger partial charge in [-0.1, -0.05) is 0 Å². The monoisotopic (exact) mass is 366 g/mol. The highest BCUT2D eigenvalue weighted by atomic mass is 15.3. The highest BCUT2D eigenvalue weighted by Gasteiger charge is 2.17. The van der Waals surface area contributed by atoms with Crippen LogP contribution in [-0.2, 0) is 6.54 Å². The van der Waals surface area contributed by atoms with Crippen LogP contribution < -0.4 is 9.80 Å². The van der Waals surface area contributed by atoms with E-state index in [1.54, 1.807) is 0 Å². The summed E-state index contributed by atoms with van der Waals surface area (Å²) in [4.78, 5) is 20.9. The van der Waals surface area contributed by atoms with Gasteiger partial charge in [-0.2, -0.15) is 0 Å². The van der Waals surface area contributed by atoms with Crippen molar-refractivity contribution in [3.8, 4) is 0 Å². The van der Waals surface area contributed by atoms with E-state index >= 15 is 0 Å². The van der Waals surface area contributed by atoms with Crippen molar-refractivity contribution >= 4 is 11.6 Å². The van der Waals surface area contributed by atoms with E-state index in [1.807, 2.05) is 18.6 Å². The van der Waals surface area contributed by atoms with Crippen LogP contribution in [0.2, 0.25) is 0 Å². The van der Waals surface area contributed by atoms with Gasteiger partial charge in [-0.05, 0) is 44.7 Å². The highest BCUT2D eigenvalue weighted by molar-refractivity contribution is 5.46. The van der Waals surface area contributed by atoms with Crippen LogP contribution in [0, 0.1) is 6.92 Å². The summed E-state index contributed by atoms with van der Waals surface area (Å²) < 4.78 is 0. The number of hydrogen-bond donors (Lipinski definition) is 0. The van der Waals surface area contributed by atoms with Crippen LogP contribution >= 0.6 is 0 Å². The van der Waals surface area contributed by atoms with Gasteiger partial charge in [-0.3, -0.25) is 9.88 Å². The lowest BCUT2D eigenvalue weighted by Gasteiger charge is -2.26. The number of hydrogen-bond acceptors (Lipinski definition) is 6. The van der Waals surface area contributed by atoms with E-state index < -0.39 is 0 Å². The van der Waals surface area contributed by atoms with Crippen LogP contribution in [-0.4, -0.2) is 59.1 Å². The molecule has 0 N–H and O–H groups in total. The van der Waals surface area contributed by atoms with Gasteiger partial charge >= 0.3 is 0 Å². The van der Waals surface area contributed by atoms with Crippen LogP contribution in [0.3, 0.4) is 0 Å². The van der Waals surface area contributed by atoms with Crippen LogP contribution in [0.25, 0.3) is 0 Å². The second-order valence-electron chi connectivity index (χ2n) is 7.71. The second kappa shape index (κ2) is 8.65. The zero-order valence-electron chi connectivity index (χ0n) is 16.3. The fraction of sp³-hybridized carbons (Fsp3) is 0.571. The van der Waals surface area contributed by atoms with Crippen molar-refractivity contribution in [3.63, 3.8) is 0 Å². The van der Waals surface area contributed by atoms with Crippen LogP contribution in [0.5, 0.6) is 0 Å². The number of aromatic nitrogens is 3. The Balaban J connectivity index is 1.33. The largest absolute Gasteiger partial charge is 0.370 e. The predicted octanol–water partition coefficient (Wildman–Crippen LogP) is 2.88. The first-order valence-corrected chi connectivity index (χ1v) is 10.2. The maximum atomic E-state index is 4.63. The van der Waals surface area contributed by atoms with Gasteiger partial charge in [0.2, 0.25) is 5.95 Å². The van der Waals surface area contributed by atoms with E-state index in [0.717, 1.165) is 57.5 Å². The Kier molecular flexibility index (Phi) is 5.82. The molecule has 0 atom stereocenters. The number of pyridine rings is 1. The van der Waals surface area contributed by atoms with Crippen molar-refractivity contribution in [2.75, 3.05) is 49.1 Å². The molecule has 2 aliphatic rings. The highest BCUT2D eigenvalue weighted by Crippen LogP contribution is 2.18. The number of piperidine rings is 1. The van der Waals surface area contributed by atoms with Crippen molar-refractivity contribution in [1.82, 2.24) is 19.9 Å². The molecule has 6 nitrogen and oxygen atoms in total. The summed E-state index contributed by atoms with van der Waals surface area (Å²) in [5, 5.41) is 0. The molecule has 2 saturated heterocycles. The molecule has 0 radical (unpaired) electrons. The first kappa shape index (κ1) is 18.2. The molecule has 0 unspecified atom stereocenters. The Morgan fingerprint density at radius 2 is 1.59 bits per heavy atom. The van der Waals surface area contributed by atoms with Crippen molar-refractivity contribution in [3.05, 3.63) is 42.0 Å². The minimum atomic E-state index is 0.897. The van der Waals surface area contributed by atoms with Crippen molar-refractivity contribution in [1.29, 1.82) is 0 Å². The van der Waals surface area contributed by atoms with Crippen LogP contribution in [0.1, 0.15) is 36.9 Å². The van der Waals surface area contributed by atoms with Gasteiger partial charge in [0.25, 0.3) is 0 Å². The van der Waals surface area contributed by atoms with Gasteiger partial charge in [0.1, 0.15) is 0 Å². The zero-order chi connectivity index (χ0) is 18.5. The number of nitrogens with zero attached hydrogens (tertiary/aromatic N) is 6. The molecular formula is C21H30N6. The van der Waals surface area contributed by atoms with Gasteiger partial charge < -0.3 is 9.80 Å². The van der Waals surface area contributed by atoms with Crippen molar-refractivity contribution < 1.29 is 0 Å². The Bertz CT molecular complexity index is 726. The van der Waals surface area contributed by atoms with Gasteiger partial charge in [0, 0.05) is 81.3 Å². The normalized spacial score (nSPS) is 19.1. The second-order valence-corrected chi connectivity index (χ2v) is 7.71. The Morgan fingerprint density at radius 3 is 2.37 bits per heavy atom. The van der Waals surface area contributed by atoms with Gasteiger partial charge in [0.05, 0.1) is 0 Å². The standard InChI is InChI=1S/C21H30N6/c1-18-14-20(6-7-22-18)26-11-5-8-25(12-13-26)17-19-15-23-21(24-16-19)27-9-3-2-4-10-27/h6-7,14-16H,2-5,8-13,17H2,1H3. The first-order chi connectivity index (χ1) is 13.3. The summed E-state index contributed by atoms with van der Waals surface area (Å²) in [7, 11) is 0. The predicted molar refractivity (Wildman–Crippen MR) is 109 cm³/mol. The topological polar surface area (TPSA) is 48.4 Å². The molecule has 0 amide bonds. The summed E-state index contributed by atoms with van der Waals surface area (Å²) in [6.07, 6.45) is 11.0. The van der Waals surface area contributed by atoms with E-state index in [-0.39, 0.29) is 0 Å². The zero-order valence-corrected chi connectivity index (χ0v) is 16.3. The molecule has 0 saturated carbocycles. The number of aryl methyl sites for hydroxylation is 1. The Hall–Kier alpha value is -2.21. The molecule has 2 aliphatic heterocycles. The van der Waals surface area contributed by atoms with E-state index in [0.29, 0.717) is 0 Å². The fourth-order valence-corrected chi connectivity index (χ4v) is 4.06. The lowest BCUT2D eigenvalue weighted by molar-refractivity contribution is 0.285. The molecule has 0 bridgehead atoms. The summed E-state index contributed by atoms with van der Waals surface area (Å²) in [5.74, 6) is 0.897. The molecule has 0 aliphatic carbocycles. The molecule has 27 heavy (non-hydrogen) atoms. The summed E-state index contributed by atoms with van der Waals surface area (Å²) in [5.41, 5.74) is 3.59. The number of anilines is 2. The molecule has 0 spiro atoms. The van der Waals surface area contributed by atoms with Gasteiger partial charge in [-0.15, -0.1) is 0 Å². The van der Waals surface area contributed by atoms with Crippen LogP contribution in [0.15, 0.2) is 30.7 Å². The molecule has 144 valence electrons. The van der Waals surface area contributed by atoms with Gasteiger partial charge in [0.15, 0.2) is 0 Å².